The molecule has 6 heteroatoms. The van der Waals surface area contributed by atoms with Crippen LogP contribution in [0.5, 0.6) is 0 Å². The molecule has 5 N–H and O–H groups in total. The Hall–Kier alpha value is -1.27. The highest BCUT2D eigenvalue weighted by molar-refractivity contribution is 7.92. The van der Waals surface area contributed by atoms with Gasteiger partial charge in [-0.2, -0.15) is 0 Å². The minimum Gasteiger partial charge on any atom is -0.399 e. The highest BCUT2D eigenvalue weighted by Gasteiger charge is 2.08. The van der Waals surface area contributed by atoms with E-state index in [0.717, 1.165) is 0 Å². The summed E-state index contributed by atoms with van der Waals surface area (Å²) in [4.78, 5) is 0. The average Bonchev–Trinajstić information content (AvgIpc) is 2.18. The Morgan fingerprint density at radius 2 is 1.80 bits per heavy atom. The largest absolute Gasteiger partial charge is 0.399 e. The Labute approximate surface area is 89.5 Å². The summed E-state index contributed by atoms with van der Waals surface area (Å²) in [6, 6.07) is 6.52. The van der Waals surface area contributed by atoms with Crippen molar-refractivity contribution >= 4 is 21.4 Å². The molecule has 84 valence electrons. The van der Waals surface area contributed by atoms with Crippen LogP contribution in [0.4, 0.5) is 11.4 Å². The SMILES string of the molecule is NCCCS(=O)(=O)Nc1ccc(N)cc1. The van der Waals surface area contributed by atoms with Gasteiger partial charge in [-0.1, -0.05) is 0 Å². The molecular weight excluding hydrogens is 214 g/mol. The quantitative estimate of drug-likeness (QED) is 0.635. The maximum atomic E-state index is 11.4. The molecule has 0 aliphatic rings. The van der Waals surface area contributed by atoms with Crippen LogP contribution >= 0.6 is 0 Å². The molecule has 0 aliphatic carbocycles. The maximum absolute atomic E-state index is 11.4. The lowest BCUT2D eigenvalue weighted by Gasteiger charge is -2.07. The van der Waals surface area contributed by atoms with E-state index in [2.05, 4.69) is 4.72 Å². The third kappa shape index (κ3) is 4.18. The number of nitrogens with two attached hydrogens (primary N) is 2. The van der Waals surface area contributed by atoms with Crippen LogP contribution in [0, 0.1) is 0 Å². The van der Waals surface area contributed by atoms with E-state index in [1.54, 1.807) is 24.3 Å². The first-order valence-corrected chi connectivity index (χ1v) is 6.25. The zero-order valence-electron chi connectivity index (χ0n) is 8.31. The summed E-state index contributed by atoms with van der Waals surface area (Å²) in [5.41, 5.74) is 11.8. The monoisotopic (exact) mass is 229 g/mol. The van der Waals surface area contributed by atoms with Crippen molar-refractivity contribution in [3.8, 4) is 0 Å². The molecule has 0 radical (unpaired) electrons. The van der Waals surface area contributed by atoms with E-state index in [1.807, 2.05) is 0 Å². The van der Waals surface area contributed by atoms with Crippen molar-refractivity contribution < 1.29 is 8.42 Å². The molecule has 0 saturated carbocycles. The number of sulfonamides is 1. The van der Waals surface area contributed by atoms with E-state index in [-0.39, 0.29) is 5.75 Å². The summed E-state index contributed by atoms with van der Waals surface area (Å²) in [5, 5.41) is 0. The van der Waals surface area contributed by atoms with Gasteiger partial charge in [-0.25, -0.2) is 8.42 Å². The second kappa shape index (κ2) is 4.99. The predicted octanol–water partition coefficient (Wildman–Crippen LogP) is 0.359. The summed E-state index contributed by atoms with van der Waals surface area (Å²) < 4.78 is 25.3. The zero-order valence-corrected chi connectivity index (χ0v) is 9.13. The van der Waals surface area contributed by atoms with Crippen molar-refractivity contribution in [2.45, 2.75) is 6.42 Å². The molecular formula is C9H15N3O2S. The number of nitrogen functional groups attached to an aromatic ring is 1. The molecule has 0 spiro atoms. The van der Waals surface area contributed by atoms with Crippen molar-refractivity contribution in [3.63, 3.8) is 0 Å². The minimum absolute atomic E-state index is 0.0356. The van der Waals surface area contributed by atoms with Gasteiger partial charge in [-0.05, 0) is 37.2 Å². The molecule has 15 heavy (non-hydrogen) atoms. The molecule has 5 nitrogen and oxygen atoms in total. The lowest BCUT2D eigenvalue weighted by Crippen LogP contribution is -2.18. The standard InChI is InChI=1S/C9H15N3O2S/c10-6-1-7-15(13,14)12-9-4-2-8(11)3-5-9/h2-5,12H,1,6-7,10-11H2. The van der Waals surface area contributed by atoms with E-state index >= 15 is 0 Å². The molecule has 1 aromatic carbocycles. The van der Waals surface area contributed by atoms with Gasteiger partial charge in [0.15, 0.2) is 0 Å². The van der Waals surface area contributed by atoms with Crippen LogP contribution in [0.2, 0.25) is 0 Å². The van der Waals surface area contributed by atoms with E-state index in [0.29, 0.717) is 24.3 Å². The van der Waals surface area contributed by atoms with Gasteiger partial charge >= 0.3 is 0 Å². The van der Waals surface area contributed by atoms with E-state index < -0.39 is 10.0 Å². The van der Waals surface area contributed by atoms with Gasteiger partial charge < -0.3 is 11.5 Å². The Bertz CT molecular complexity index is 400. The fourth-order valence-electron chi connectivity index (χ4n) is 1.06. The predicted molar refractivity (Wildman–Crippen MR) is 61.9 cm³/mol. The molecule has 0 amide bonds. The van der Waals surface area contributed by atoms with Gasteiger partial charge in [0, 0.05) is 11.4 Å². The lowest BCUT2D eigenvalue weighted by molar-refractivity contribution is 0.599. The summed E-state index contributed by atoms with van der Waals surface area (Å²) >= 11 is 0. The first kappa shape index (κ1) is 11.8. The smallest absolute Gasteiger partial charge is 0.232 e. The van der Waals surface area contributed by atoms with E-state index in [4.69, 9.17) is 11.5 Å². The highest BCUT2D eigenvalue weighted by atomic mass is 32.2. The van der Waals surface area contributed by atoms with Crippen molar-refractivity contribution in [2.24, 2.45) is 5.73 Å². The fourth-order valence-corrected chi connectivity index (χ4v) is 2.20. The van der Waals surface area contributed by atoms with Gasteiger partial charge in [-0.15, -0.1) is 0 Å². The molecule has 0 saturated heterocycles. The van der Waals surface area contributed by atoms with Gasteiger partial charge in [0.1, 0.15) is 0 Å². The van der Waals surface area contributed by atoms with Crippen LogP contribution < -0.4 is 16.2 Å². The second-order valence-electron chi connectivity index (χ2n) is 3.19. The van der Waals surface area contributed by atoms with E-state index in [9.17, 15) is 8.42 Å². The lowest BCUT2D eigenvalue weighted by atomic mass is 10.3. The van der Waals surface area contributed by atoms with Gasteiger partial charge in [0.2, 0.25) is 10.0 Å². The molecule has 0 heterocycles. The minimum atomic E-state index is -3.28. The van der Waals surface area contributed by atoms with E-state index in [1.165, 1.54) is 0 Å². The molecule has 0 fully saturated rings. The third-order valence-electron chi connectivity index (χ3n) is 1.80. The molecule has 1 aromatic rings. The second-order valence-corrected chi connectivity index (χ2v) is 5.03. The summed E-state index contributed by atoms with van der Waals surface area (Å²) in [7, 11) is -3.28. The van der Waals surface area contributed by atoms with Crippen LogP contribution in [0.25, 0.3) is 0 Å². The van der Waals surface area contributed by atoms with Crippen LogP contribution in [0.3, 0.4) is 0 Å². The Morgan fingerprint density at radius 3 is 2.33 bits per heavy atom. The highest BCUT2D eigenvalue weighted by Crippen LogP contribution is 2.12. The number of rotatable bonds is 5. The summed E-state index contributed by atoms with van der Waals surface area (Å²) in [6.45, 7) is 0.364. The number of hydrogen-bond acceptors (Lipinski definition) is 4. The first-order valence-electron chi connectivity index (χ1n) is 4.59. The number of nitrogens with one attached hydrogen (secondary N) is 1. The molecule has 1 rings (SSSR count). The topological polar surface area (TPSA) is 98.2 Å². The molecule has 0 bridgehead atoms. The average molecular weight is 229 g/mol. The number of benzene rings is 1. The fraction of sp³-hybridized carbons (Fsp3) is 0.333. The van der Waals surface area contributed by atoms with Crippen molar-refractivity contribution in [1.29, 1.82) is 0 Å². The van der Waals surface area contributed by atoms with Crippen LogP contribution in [0.1, 0.15) is 6.42 Å². The van der Waals surface area contributed by atoms with Crippen LogP contribution in [-0.4, -0.2) is 20.7 Å². The molecule has 0 aromatic heterocycles. The molecule has 0 unspecified atom stereocenters. The van der Waals surface area contributed by atoms with Gasteiger partial charge in [0.25, 0.3) is 0 Å². The maximum Gasteiger partial charge on any atom is 0.232 e. The normalized spacial score (nSPS) is 11.3. The van der Waals surface area contributed by atoms with Crippen molar-refractivity contribution in [2.75, 3.05) is 22.8 Å². The van der Waals surface area contributed by atoms with Crippen LogP contribution in [-0.2, 0) is 10.0 Å². The summed E-state index contributed by atoms with van der Waals surface area (Å²) in [6.07, 6.45) is 0.449. The van der Waals surface area contributed by atoms with Gasteiger partial charge in [0.05, 0.1) is 5.75 Å². The zero-order chi connectivity index (χ0) is 11.3. The Balaban J connectivity index is 2.65. The number of anilines is 2. The molecule has 0 aliphatic heterocycles. The van der Waals surface area contributed by atoms with Crippen molar-refractivity contribution in [1.82, 2.24) is 0 Å². The number of hydrogen-bond donors (Lipinski definition) is 3. The van der Waals surface area contributed by atoms with Crippen molar-refractivity contribution in [3.05, 3.63) is 24.3 Å². The third-order valence-corrected chi connectivity index (χ3v) is 3.17. The Kier molecular flexibility index (Phi) is 3.93. The van der Waals surface area contributed by atoms with Gasteiger partial charge in [-0.3, -0.25) is 4.72 Å². The Morgan fingerprint density at radius 1 is 1.20 bits per heavy atom. The first-order chi connectivity index (χ1) is 7.03. The summed E-state index contributed by atoms with van der Waals surface area (Å²) in [5.74, 6) is 0.0356. The van der Waals surface area contributed by atoms with Crippen LogP contribution in [0.15, 0.2) is 24.3 Å². The molecule has 0 atom stereocenters.